The second-order valence-electron chi connectivity index (χ2n) is 6.36. The minimum absolute atomic E-state index is 0.0161. The van der Waals surface area contributed by atoms with Crippen LogP contribution in [0.1, 0.15) is 63.2 Å². The van der Waals surface area contributed by atoms with E-state index >= 15 is 0 Å². The van der Waals surface area contributed by atoms with Gasteiger partial charge < -0.3 is 15.5 Å². The Kier molecular flexibility index (Phi) is 5.81. The molecule has 4 heteroatoms. The van der Waals surface area contributed by atoms with E-state index in [1.165, 1.54) is 0 Å². The van der Waals surface area contributed by atoms with Gasteiger partial charge in [0, 0.05) is 12.0 Å². The molecule has 1 unspecified atom stereocenters. The number of hydrogen-bond donors (Lipinski definition) is 2. The standard InChI is InChI=1S/C16H28N2O2/c1-11-10-14(13(3)20-11)12(2)18-15(19)6-7-16(4,5)8-9-17/h10,12H,6-9,17H2,1-5H3,(H,18,19). The number of carbonyl (C=O) groups is 1. The van der Waals surface area contributed by atoms with Crippen molar-refractivity contribution < 1.29 is 9.21 Å². The molecular weight excluding hydrogens is 252 g/mol. The van der Waals surface area contributed by atoms with Gasteiger partial charge in [0.15, 0.2) is 0 Å². The summed E-state index contributed by atoms with van der Waals surface area (Å²) in [6.45, 7) is 10.8. The number of furan rings is 1. The molecule has 4 nitrogen and oxygen atoms in total. The zero-order valence-electron chi connectivity index (χ0n) is 13.4. The molecule has 3 N–H and O–H groups in total. The van der Waals surface area contributed by atoms with Crippen molar-refractivity contribution in [2.45, 2.75) is 59.9 Å². The Bertz CT molecular complexity index is 449. The zero-order chi connectivity index (χ0) is 15.3. The summed E-state index contributed by atoms with van der Waals surface area (Å²) < 4.78 is 5.50. The van der Waals surface area contributed by atoms with Crippen molar-refractivity contribution in [1.82, 2.24) is 5.32 Å². The van der Waals surface area contributed by atoms with Crippen molar-refractivity contribution in [2.24, 2.45) is 11.1 Å². The average Bonchev–Trinajstić information content (AvgIpc) is 2.66. The molecule has 1 amide bonds. The minimum atomic E-state index is -0.0161. The van der Waals surface area contributed by atoms with Gasteiger partial charge >= 0.3 is 0 Å². The normalized spacial score (nSPS) is 13.3. The lowest BCUT2D eigenvalue weighted by molar-refractivity contribution is -0.122. The van der Waals surface area contributed by atoms with Crippen molar-refractivity contribution in [1.29, 1.82) is 0 Å². The lowest BCUT2D eigenvalue weighted by Crippen LogP contribution is -2.28. The van der Waals surface area contributed by atoms with Gasteiger partial charge in [0.25, 0.3) is 0 Å². The number of nitrogens with one attached hydrogen (secondary N) is 1. The number of hydrogen-bond acceptors (Lipinski definition) is 3. The van der Waals surface area contributed by atoms with E-state index < -0.39 is 0 Å². The molecular formula is C16H28N2O2. The predicted octanol–water partition coefficient (Wildman–Crippen LogP) is 3.23. The van der Waals surface area contributed by atoms with E-state index in [0.29, 0.717) is 13.0 Å². The number of nitrogens with two attached hydrogens (primary N) is 1. The van der Waals surface area contributed by atoms with E-state index in [1.807, 2.05) is 26.8 Å². The van der Waals surface area contributed by atoms with E-state index in [0.717, 1.165) is 29.9 Å². The third-order valence-electron chi connectivity index (χ3n) is 3.77. The van der Waals surface area contributed by atoms with Crippen LogP contribution in [0.4, 0.5) is 0 Å². The highest BCUT2D eigenvalue weighted by atomic mass is 16.3. The molecule has 1 rings (SSSR count). The Morgan fingerprint density at radius 2 is 2.05 bits per heavy atom. The highest BCUT2D eigenvalue weighted by Gasteiger charge is 2.20. The van der Waals surface area contributed by atoms with Crippen molar-refractivity contribution >= 4 is 5.91 Å². The van der Waals surface area contributed by atoms with Gasteiger partial charge in [-0.15, -0.1) is 0 Å². The Morgan fingerprint density at radius 3 is 2.55 bits per heavy atom. The molecule has 1 heterocycles. The molecule has 0 aliphatic carbocycles. The fraction of sp³-hybridized carbons (Fsp3) is 0.688. The van der Waals surface area contributed by atoms with Gasteiger partial charge in [-0.2, -0.15) is 0 Å². The maximum absolute atomic E-state index is 12.0. The Morgan fingerprint density at radius 1 is 1.40 bits per heavy atom. The molecule has 0 aromatic carbocycles. The fourth-order valence-electron chi connectivity index (χ4n) is 2.44. The van der Waals surface area contributed by atoms with Crippen LogP contribution in [-0.2, 0) is 4.79 Å². The lowest BCUT2D eigenvalue weighted by Gasteiger charge is -2.23. The summed E-state index contributed by atoms with van der Waals surface area (Å²) in [6.07, 6.45) is 2.33. The Balaban J connectivity index is 2.48. The van der Waals surface area contributed by atoms with E-state index in [1.54, 1.807) is 0 Å². The summed E-state index contributed by atoms with van der Waals surface area (Å²) >= 11 is 0. The highest BCUT2D eigenvalue weighted by Crippen LogP contribution is 2.26. The van der Waals surface area contributed by atoms with Crippen molar-refractivity contribution in [3.63, 3.8) is 0 Å². The van der Waals surface area contributed by atoms with Gasteiger partial charge in [0.1, 0.15) is 11.5 Å². The lowest BCUT2D eigenvalue weighted by atomic mass is 9.84. The van der Waals surface area contributed by atoms with E-state index in [9.17, 15) is 4.79 Å². The van der Waals surface area contributed by atoms with Crippen LogP contribution < -0.4 is 11.1 Å². The second-order valence-corrected chi connectivity index (χ2v) is 6.36. The quantitative estimate of drug-likeness (QED) is 0.805. The van der Waals surface area contributed by atoms with E-state index in [4.69, 9.17) is 10.2 Å². The van der Waals surface area contributed by atoms with E-state index in [-0.39, 0.29) is 17.4 Å². The second kappa shape index (κ2) is 6.93. The largest absolute Gasteiger partial charge is 0.466 e. The summed E-state index contributed by atoms with van der Waals surface area (Å²) in [5.41, 5.74) is 6.76. The molecule has 0 bridgehead atoms. The molecule has 1 aromatic rings. The van der Waals surface area contributed by atoms with Gasteiger partial charge in [-0.1, -0.05) is 13.8 Å². The molecule has 0 spiro atoms. The van der Waals surface area contributed by atoms with Gasteiger partial charge in [-0.25, -0.2) is 0 Å². The predicted molar refractivity (Wildman–Crippen MR) is 81.4 cm³/mol. The molecule has 0 radical (unpaired) electrons. The summed E-state index contributed by atoms with van der Waals surface area (Å²) in [6, 6.07) is 1.97. The van der Waals surface area contributed by atoms with Crippen LogP contribution in [0.5, 0.6) is 0 Å². The molecule has 114 valence electrons. The fourth-order valence-corrected chi connectivity index (χ4v) is 2.44. The molecule has 0 fully saturated rings. The molecule has 0 aliphatic rings. The molecule has 1 aromatic heterocycles. The summed E-state index contributed by atoms with van der Waals surface area (Å²) in [5.74, 6) is 1.84. The average molecular weight is 280 g/mol. The summed E-state index contributed by atoms with van der Waals surface area (Å²) in [7, 11) is 0. The number of rotatable bonds is 7. The van der Waals surface area contributed by atoms with Gasteiger partial charge in [0.2, 0.25) is 5.91 Å². The Hall–Kier alpha value is -1.29. The van der Waals surface area contributed by atoms with E-state index in [2.05, 4.69) is 19.2 Å². The smallest absolute Gasteiger partial charge is 0.220 e. The molecule has 1 atom stereocenters. The number of aryl methyl sites for hydroxylation is 2. The first-order valence-electron chi connectivity index (χ1n) is 7.31. The molecule has 20 heavy (non-hydrogen) atoms. The highest BCUT2D eigenvalue weighted by molar-refractivity contribution is 5.76. The van der Waals surface area contributed by atoms with Crippen LogP contribution in [0.15, 0.2) is 10.5 Å². The Labute approximate surface area is 122 Å². The first-order chi connectivity index (χ1) is 9.25. The van der Waals surface area contributed by atoms with Crippen LogP contribution >= 0.6 is 0 Å². The van der Waals surface area contributed by atoms with Crippen LogP contribution in [0.2, 0.25) is 0 Å². The monoisotopic (exact) mass is 280 g/mol. The van der Waals surface area contributed by atoms with Crippen LogP contribution in [0.3, 0.4) is 0 Å². The number of carbonyl (C=O) groups excluding carboxylic acids is 1. The van der Waals surface area contributed by atoms with Gasteiger partial charge in [0.05, 0.1) is 6.04 Å². The van der Waals surface area contributed by atoms with Crippen LogP contribution in [0.25, 0.3) is 0 Å². The summed E-state index contributed by atoms with van der Waals surface area (Å²) in [5, 5.41) is 3.03. The number of amides is 1. The maximum Gasteiger partial charge on any atom is 0.220 e. The molecule has 0 saturated heterocycles. The first kappa shape index (κ1) is 16.8. The van der Waals surface area contributed by atoms with Gasteiger partial charge in [-0.3, -0.25) is 4.79 Å². The third kappa shape index (κ3) is 5.00. The van der Waals surface area contributed by atoms with Gasteiger partial charge in [-0.05, 0) is 51.6 Å². The van der Waals surface area contributed by atoms with Crippen LogP contribution in [0, 0.1) is 19.3 Å². The first-order valence-corrected chi connectivity index (χ1v) is 7.31. The maximum atomic E-state index is 12.0. The van der Waals surface area contributed by atoms with Crippen molar-refractivity contribution in [3.8, 4) is 0 Å². The molecule has 0 saturated carbocycles. The zero-order valence-corrected chi connectivity index (χ0v) is 13.4. The van der Waals surface area contributed by atoms with Crippen molar-refractivity contribution in [3.05, 3.63) is 23.2 Å². The SMILES string of the molecule is Cc1cc(C(C)NC(=O)CCC(C)(C)CCN)c(C)o1. The van der Waals surface area contributed by atoms with Crippen molar-refractivity contribution in [2.75, 3.05) is 6.54 Å². The third-order valence-corrected chi connectivity index (χ3v) is 3.77. The minimum Gasteiger partial charge on any atom is -0.466 e. The summed E-state index contributed by atoms with van der Waals surface area (Å²) in [4.78, 5) is 12.0. The van der Waals surface area contributed by atoms with Crippen LogP contribution in [-0.4, -0.2) is 12.5 Å². The topological polar surface area (TPSA) is 68.3 Å². The molecule has 0 aliphatic heterocycles.